The van der Waals surface area contributed by atoms with Crippen LogP contribution in [0.15, 0.2) is 78.9 Å². The zero-order chi connectivity index (χ0) is 22.6. The van der Waals surface area contributed by atoms with Gasteiger partial charge in [-0.3, -0.25) is 4.79 Å². The molecule has 33 heavy (non-hydrogen) atoms. The predicted molar refractivity (Wildman–Crippen MR) is 124 cm³/mol. The third-order valence-electron chi connectivity index (χ3n) is 5.25. The van der Waals surface area contributed by atoms with E-state index in [1.807, 2.05) is 54.6 Å². The van der Waals surface area contributed by atoms with Crippen LogP contribution in [0.2, 0.25) is 0 Å². The first-order valence-electron chi connectivity index (χ1n) is 10.4. The van der Waals surface area contributed by atoms with Gasteiger partial charge in [0.2, 0.25) is 0 Å². The molecule has 0 aliphatic heterocycles. The van der Waals surface area contributed by atoms with Crippen LogP contribution < -0.4 is 14.8 Å². The summed E-state index contributed by atoms with van der Waals surface area (Å²) in [6, 6.07) is 25.0. The zero-order valence-corrected chi connectivity index (χ0v) is 17.9. The van der Waals surface area contributed by atoms with Gasteiger partial charge in [0.1, 0.15) is 11.5 Å². The van der Waals surface area contributed by atoms with Crippen LogP contribution in [0, 0.1) is 0 Å². The van der Waals surface area contributed by atoms with E-state index in [-0.39, 0.29) is 19.1 Å². The predicted octanol–water partition coefficient (Wildman–Crippen LogP) is 3.65. The summed E-state index contributed by atoms with van der Waals surface area (Å²) in [7, 11) is 1.60. The van der Waals surface area contributed by atoms with Gasteiger partial charge in [0.05, 0.1) is 19.3 Å². The van der Waals surface area contributed by atoms with Gasteiger partial charge in [-0.15, -0.1) is 10.2 Å². The summed E-state index contributed by atoms with van der Waals surface area (Å²) in [5, 5.41) is 18.2. The van der Waals surface area contributed by atoms with Crippen LogP contribution in [0.4, 0.5) is 0 Å². The standard InChI is InChI=1S/C25H21N5O3/c1-32-18-11-13-19(14-12-18)33-16-23(31)26-15-22-27-28-25-21-10-6-5-9-20(21)24(29-30(22)25)17-7-3-2-4-8-17/h2-14H,15-16H2,1H3,(H,26,31). The highest BCUT2D eigenvalue weighted by atomic mass is 16.5. The van der Waals surface area contributed by atoms with Crippen molar-refractivity contribution >= 4 is 22.3 Å². The molecule has 2 aromatic heterocycles. The number of methoxy groups -OCH3 is 1. The molecule has 0 atom stereocenters. The molecule has 1 amide bonds. The maximum absolute atomic E-state index is 12.3. The number of amides is 1. The molecular weight excluding hydrogens is 418 g/mol. The molecule has 0 fully saturated rings. The van der Waals surface area contributed by atoms with E-state index in [1.165, 1.54) is 0 Å². The summed E-state index contributed by atoms with van der Waals surface area (Å²) in [6.07, 6.45) is 0. The molecule has 0 aliphatic rings. The van der Waals surface area contributed by atoms with Gasteiger partial charge in [-0.1, -0.05) is 54.6 Å². The average Bonchev–Trinajstić information content (AvgIpc) is 3.29. The minimum Gasteiger partial charge on any atom is -0.497 e. The maximum atomic E-state index is 12.3. The average molecular weight is 439 g/mol. The largest absolute Gasteiger partial charge is 0.497 e. The normalized spacial score (nSPS) is 10.9. The second kappa shape index (κ2) is 8.96. The Labute approximate surface area is 189 Å². The number of carbonyl (C=O) groups excluding carboxylic acids is 1. The number of hydrogen-bond acceptors (Lipinski definition) is 6. The van der Waals surface area contributed by atoms with Gasteiger partial charge in [0.25, 0.3) is 5.91 Å². The number of nitrogens with zero attached hydrogens (tertiary/aromatic N) is 4. The maximum Gasteiger partial charge on any atom is 0.258 e. The van der Waals surface area contributed by atoms with Gasteiger partial charge >= 0.3 is 0 Å². The van der Waals surface area contributed by atoms with Crippen LogP contribution in [-0.2, 0) is 11.3 Å². The Hall–Kier alpha value is -4.46. The van der Waals surface area contributed by atoms with Gasteiger partial charge < -0.3 is 14.8 Å². The fourth-order valence-electron chi connectivity index (χ4n) is 3.59. The molecular formula is C25H21N5O3. The number of rotatable bonds is 7. The van der Waals surface area contributed by atoms with Crippen molar-refractivity contribution in [2.75, 3.05) is 13.7 Å². The minimum atomic E-state index is -0.272. The third kappa shape index (κ3) is 4.18. The van der Waals surface area contributed by atoms with Crippen LogP contribution >= 0.6 is 0 Å². The van der Waals surface area contributed by atoms with E-state index in [1.54, 1.807) is 35.9 Å². The second-order valence-electron chi connectivity index (χ2n) is 7.35. The van der Waals surface area contributed by atoms with Crippen molar-refractivity contribution in [3.8, 4) is 22.8 Å². The number of carbonyl (C=O) groups is 1. The Morgan fingerprint density at radius 1 is 0.879 bits per heavy atom. The molecule has 8 heteroatoms. The van der Waals surface area contributed by atoms with E-state index in [9.17, 15) is 4.79 Å². The first-order valence-corrected chi connectivity index (χ1v) is 10.4. The van der Waals surface area contributed by atoms with Crippen molar-refractivity contribution in [2.24, 2.45) is 0 Å². The number of ether oxygens (including phenoxy) is 2. The van der Waals surface area contributed by atoms with Gasteiger partial charge in [-0.05, 0) is 24.3 Å². The van der Waals surface area contributed by atoms with Crippen molar-refractivity contribution in [1.29, 1.82) is 0 Å². The lowest BCUT2D eigenvalue weighted by molar-refractivity contribution is -0.123. The number of fused-ring (bicyclic) bond motifs is 3. The first kappa shape index (κ1) is 20.4. The van der Waals surface area contributed by atoms with E-state index in [0.29, 0.717) is 17.2 Å². The monoisotopic (exact) mass is 439 g/mol. The SMILES string of the molecule is COc1ccc(OCC(=O)NCc2nnc3c4ccccc4c(-c4ccccc4)nn23)cc1. The van der Waals surface area contributed by atoms with Crippen molar-refractivity contribution in [3.63, 3.8) is 0 Å². The lowest BCUT2D eigenvalue weighted by atomic mass is 10.1. The Kier molecular flexibility index (Phi) is 5.55. The molecule has 0 spiro atoms. The van der Waals surface area contributed by atoms with Gasteiger partial charge in [0.15, 0.2) is 18.1 Å². The number of aromatic nitrogens is 4. The quantitative estimate of drug-likeness (QED) is 0.416. The highest BCUT2D eigenvalue weighted by molar-refractivity contribution is 6.01. The van der Waals surface area contributed by atoms with Crippen LogP contribution in [0.25, 0.3) is 27.7 Å². The highest BCUT2D eigenvalue weighted by Gasteiger charge is 2.15. The van der Waals surface area contributed by atoms with Crippen LogP contribution in [0.1, 0.15) is 5.82 Å². The highest BCUT2D eigenvalue weighted by Crippen LogP contribution is 2.28. The molecule has 0 saturated carbocycles. The fraction of sp³-hybridized carbons (Fsp3) is 0.120. The number of benzene rings is 3. The third-order valence-corrected chi connectivity index (χ3v) is 5.25. The Bertz CT molecular complexity index is 1420. The molecule has 164 valence electrons. The van der Waals surface area contributed by atoms with Crippen molar-refractivity contribution in [2.45, 2.75) is 6.54 Å². The van der Waals surface area contributed by atoms with Crippen molar-refractivity contribution in [3.05, 3.63) is 84.7 Å². The Morgan fingerprint density at radius 3 is 2.33 bits per heavy atom. The van der Waals surface area contributed by atoms with Crippen LogP contribution in [0.5, 0.6) is 11.5 Å². The topological polar surface area (TPSA) is 90.6 Å². The van der Waals surface area contributed by atoms with Crippen molar-refractivity contribution in [1.82, 2.24) is 25.1 Å². The van der Waals surface area contributed by atoms with E-state index in [4.69, 9.17) is 14.6 Å². The number of nitrogens with one attached hydrogen (secondary N) is 1. The smallest absolute Gasteiger partial charge is 0.258 e. The summed E-state index contributed by atoms with van der Waals surface area (Å²) in [5.41, 5.74) is 2.46. The van der Waals surface area contributed by atoms with Crippen molar-refractivity contribution < 1.29 is 14.3 Å². The molecule has 3 aromatic carbocycles. The van der Waals surface area contributed by atoms with Crippen LogP contribution in [0.3, 0.4) is 0 Å². The molecule has 5 rings (SSSR count). The molecule has 0 saturated heterocycles. The molecule has 0 bridgehead atoms. The Morgan fingerprint density at radius 2 is 1.58 bits per heavy atom. The van der Waals surface area contributed by atoms with E-state index < -0.39 is 0 Å². The van der Waals surface area contributed by atoms with E-state index >= 15 is 0 Å². The fourth-order valence-corrected chi connectivity index (χ4v) is 3.59. The van der Waals surface area contributed by atoms with Gasteiger partial charge in [0, 0.05) is 16.3 Å². The Balaban J connectivity index is 1.36. The van der Waals surface area contributed by atoms with E-state index in [0.717, 1.165) is 27.8 Å². The lowest BCUT2D eigenvalue weighted by Crippen LogP contribution is -2.29. The van der Waals surface area contributed by atoms with Gasteiger partial charge in [-0.2, -0.15) is 9.61 Å². The summed E-state index contributed by atoms with van der Waals surface area (Å²) >= 11 is 0. The molecule has 0 unspecified atom stereocenters. The minimum absolute atomic E-state index is 0.116. The summed E-state index contributed by atoms with van der Waals surface area (Å²) in [5.74, 6) is 1.57. The summed E-state index contributed by atoms with van der Waals surface area (Å²) in [6.45, 7) is 0.0558. The summed E-state index contributed by atoms with van der Waals surface area (Å²) in [4.78, 5) is 12.3. The summed E-state index contributed by atoms with van der Waals surface area (Å²) < 4.78 is 12.3. The molecule has 0 aliphatic carbocycles. The first-order chi connectivity index (χ1) is 16.2. The molecule has 2 heterocycles. The molecule has 1 N–H and O–H groups in total. The zero-order valence-electron chi connectivity index (χ0n) is 17.9. The molecule has 5 aromatic rings. The number of hydrogen-bond donors (Lipinski definition) is 1. The second-order valence-corrected chi connectivity index (χ2v) is 7.35. The molecule has 8 nitrogen and oxygen atoms in total. The molecule has 0 radical (unpaired) electrons. The van der Waals surface area contributed by atoms with Crippen LogP contribution in [-0.4, -0.2) is 39.4 Å². The van der Waals surface area contributed by atoms with Gasteiger partial charge in [-0.25, -0.2) is 0 Å². The lowest BCUT2D eigenvalue weighted by Gasteiger charge is -2.09. The van der Waals surface area contributed by atoms with E-state index in [2.05, 4.69) is 15.5 Å².